The first-order valence-corrected chi connectivity index (χ1v) is 31.3. The van der Waals surface area contributed by atoms with Crippen LogP contribution in [0.1, 0.15) is 112 Å². The molecule has 0 radical (unpaired) electrons. The molecule has 0 atom stereocenters. The van der Waals surface area contributed by atoms with Crippen LogP contribution in [0.15, 0.2) is 221 Å². The van der Waals surface area contributed by atoms with Crippen LogP contribution in [0.4, 0.5) is 0 Å². The number of hydrogen-bond acceptors (Lipinski definition) is 20. The number of benzene rings is 8. The Balaban J connectivity index is 0.000000278. The number of esters is 9. The summed E-state index contributed by atoms with van der Waals surface area (Å²) in [4.78, 5) is 109. The molecule has 0 aliphatic heterocycles. The zero-order valence-electron chi connectivity index (χ0n) is 54.0. The maximum Gasteiger partial charge on any atom is 0.343 e. The van der Waals surface area contributed by atoms with Crippen LogP contribution < -0.4 is 42.6 Å². The Morgan fingerprint density at radius 2 is 0.653 bits per heavy atom. The van der Waals surface area contributed by atoms with E-state index in [1.807, 2.05) is 31.2 Å². The summed E-state index contributed by atoms with van der Waals surface area (Å²) in [5.41, 5.74) is 1.79. The third kappa shape index (κ3) is 23.4. The highest BCUT2D eigenvalue weighted by molar-refractivity contribution is 5.99. The largest absolute Gasteiger partial charge is 0.494 e. The topological polar surface area (TPSA) is 255 Å². The third-order valence-corrected chi connectivity index (χ3v) is 14.1. The van der Waals surface area contributed by atoms with Crippen molar-refractivity contribution in [3.05, 3.63) is 249 Å². The van der Waals surface area contributed by atoms with E-state index in [0.29, 0.717) is 72.5 Å². The van der Waals surface area contributed by atoms with Gasteiger partial charge in [0, 0.05) is 30.4 Å². The molecule has 98 heavy (non-hydrogen) atoms. The van der Waals surface area contributed by atoms with Crippen LogP contribution >= 0.6 is 0 Å². The molecule has 0 aliphatic carbocycles. The molecule has 20 nitrogen and oxygen atoms in total. The van der Waals surface area contributed by atoms with Gasteiger partial charge in [0.2, 0.25) is 0 Å². The van der Waals surface area contributed by atoms with Crippen LogP contribution in [-0.2, 0) is 39.9 Å². The number of rotatable bonds is 34. The van der Waals surface area contributed by atoms with Crippen molar-refractivity contribution < 1.29 is 95.3 Å². The van der Waals surface area contributed by atoms with E-state index in [0.717, 1.165) is 121 Å². The average molecular weight is 1330 g/mol. The van der Waals surface area contributed by atoms with Crippen LogP contribution in [0, 0.1) is 0 Å². The SMILES string of the molecule is C=CC(=O)OCCCCCCOc1ccc(C(=O)Oc2ccc(OC(=O)c3ccc(OC(=O)C=C)c(OC(=O)C=C)c3)cc2)cc1.C=CC(=O)OCCCCCCOc1ccc2cc(C(=O)Oc3ccc(OC(=O)c4ccc5cc(OC(=O)C=C)ccc5c4)c(CCC)c3)ccc2c1. The van der Waals surface area contributed by atoms with Crippen molar-refractivity contribution in [2.45, 2.75) is 71.1 Å². The Bertz CT molecular complexity index is 4220. The van der Waals surface area contributed by atoms with Gasteiger partial charge in [-0.2, -0.15) is 0 Å². The van der Waals surface area contributed by atoms with Crippen molar-refractivity contribution in [1.29, 1.82) is 0 Å². The van der Waals surface area contributed by atoms with Gasteiger partial charge in [0.1, 0.15) is 40.2 Å². The fourth-order valence-corrected chi connectivity index (χ4v) is 9.17. The Labute approximate surface area is 566 Å². The Morgan fingerprint density at radius 3 is 1.18 bits per heavy atom. The van der Waals surface area contributed by atoms with Gasteiger partial charge in [-0.05, 0) is 218 Å². The number of hydrogen-bond donors (Lipinski definition) is 0. The fraction of sp³-hybridized carbons (Fsp3) is 0.192. The lowest BCUT2D eigenvalue weighted by atomic mass is 10.1. The van der Waals surface area contributed by atoms with E-state index < -0.39 is 53.7 Å². The number of fused-ring (bicyclic) bond motifs is 2. The summed E-state index contributed by atoms with van der Waals surface area (Å²) in [5, 5.41) is 3.36. The van der Waals surface area contributed by atoms with E-state index in [-0.39, 0.29) is 28.6 Å². The predicted molar refractivity (Wildman–Crippen MR) is 365 cm³/mol. The molecular formula is C78H72O20. The second-order valence-corrected chi connectivity index (χ2v) is 21.3. The minimum Gasteiger partial charge on any atom is -0.494 e. The first kappa shape index (κ1) is 73.2. The van der Waals surface area contributed by atoms with Crippen LogP contribution in [0.25, 0.3) is 21.5 Å². The molecule has 8 aromatic carbocycles. The first-order valence-electron chi connectivity index (χ1n) is 31.3. The zero-order chi connectivity index (χ0) is 70.2. The molecule has 504 valence electrons. The van der Waals surface area contributed by atoms with Gasteiger partial charge in [0.05, 0.1) is 48.7 Å². The van der Waals surface area contributed by atoms with Crippen molar-refractivity contribution >= 4 is 75.3 Å². The van der Waals surface area contributed by atoms with Gasteiger partial charge in [-0.25, -0.2) is 43.2 Å². The summed E-state index contributed by atoms with van der Waals surface area (Å²) >= 11 is 0. The van der Waals surface area contributed by atoms with Gasteiger partial charge in [-0.15, -0.1) is 0 Å². The van der Waals surface area contributed by atoms with Gasteiger partial charge in [0.15, 0.2) is 11.5 Å². The maximum atomic E-state index is 13.2. The molecule has 0 bridgehead atoms. The number of ether oxygens (including phenoxy) is 11. The van der Waals surface area contributed by atoms with Crippen molar-refractivity contribution in [3.63, 3.8) is 0 Å². The normalized spacial score (nSPS) is 10.4. The molecular weight excluding hydrogens is 1260 g/mol. The molecule has 0 spiro atoms. The van der Waals surface area contributed by atoms with Crippen LogP contribution in [0.5, 0.6) is 51.7 Å². The van der Waals surface area contributed by atoms with Crippen molar-refractivity contribution in [1.82, 2.24) is 0 Å². The van der Waals surface area contributed by atoms with Crippen molar-refractivity contribution in [2.24, 2.45) is 0 Å². The molecule has 0 heterocycles. The van der Waals surface area contributed by atoms with Crippen LogP contribution in [0.3, 0.4) is 0 Å². The van der Waals surface area contributed by atoms with E-state index in [2.05, 4.69) is 32.9 Å². The van der Waals surface area contributed by atoms with Crippen LogP contribution in [-0.4, -0.2) is 80.2 Å². The summed E-state index contributed by atoms with van der Waals surface area (Å²) in [6, 6.07) is 42.3. The highest BCUT2D eigenvalue weighted by Gasteiger charge is 2.20. The highest BCUT2D eigenvalue weighted by atomic mass is 16.6. The average Bonchev–Trinajstić information content (AvgIpc) is 0.832. The smallest absolute Gasteiger partial charge is 0.343 e. The Hall–Kier alpha value is -12.2. The minimum atomic E-state index is -0.832. The van der Waals surface area contributed by atoms with Gasteiger partial charge in [-0.1, -0.05) is 70.5 Å². The summed E-state index contributed by atoms with van der Waals surface area (Å²) in [6.07, 6.45) is 13.6. The lowest BCUT2D eigenvalue weighted by Crippen LogP contribution is -2.12. The quantitative estimate of drug-likeness (QED) is 0.0157. The highest BCUT2D eigenvalue weighted by Crippen LogP contribution is 2.32. The molecule has 8 rings (SSSR count). The summed E-state index contributed by atoms with van der Waals surface area (Å²) < 4.78 is 59.1. The molecule has 0 aliphatic rings. The Kier molecular flexibility index (Phi) is 28.6. The van der Waals surface area contributed by atoms with Gasteiger partial charge >= 0.3 is 53.7 Å². The molecule has 0 fully saturated rings. The van der Waals surface area contributed by atoms with E-state index >= 15 is 0 Å². The van der Waals surface area contributed by atoms with E-state index in [9.17, 15) is 43.2 Å². The molecule has 0 unspecified atom stereocenters. The first-order chi connectivity index (χ1) is 47.5. The molecule has 0 amide bonds. The van der Waals surface area contributed by atoms with Gasteiger partial charge < -0.3 is 52.1 Å². The summed E-state index contributed by atoms with van der Waals surface area (Å²) in [6.45, 7) is 20.6. The van der Waals surface area contributed by atoms with Crippen molar-refractivity contribution in [2.75, 3.05) is 26.4 Å². The standard InChI is InChI=1S/C43H40O9.C35H32O11/c1-4-11-33-28-38(20-21-39(33)52-43(47)35-15-13-32-27-37(50-41(45)6-3)19-17-30(32)25-35)51-42(46)34-14-12-31-26-36(18-16-29(31)24-34)48-22-9-7-8-10-23-49-40(44)5-2;1-4-31(36)42-22-10-8-7-9-21-41-26-14-11-24(12-15-26)34(39)43-27-16-18-28(19-17-27)44-35(40)25-13-20-29(45-32(37)5-2)30(23-25)46-33(38)6-3/h5-6,12-21,24-28H,2-4,7-11,22-23H2,1H3;4-6,11-20,23H,1-3,7-10,21-22H2. The predicted octanol–water partition coefficient (Wildman–Crippen LogP) is 15.1. The number of unbranched alkanes of at least 4 members (excludes halogenated alkanes) is 6. The molecule has 0 saturated carbocycles. The molecule has 20 heteroatoms. The minimum absolute atomic E-state index is 0.00283. The summed E-state index contributed by atoms with van der Waals surface area (Å²) in [5.74, 6) is -2.91. The number of carbonyl (C=O) groups is 9. The van der Waals surface area contributed by atoms with E-state index in [1.54, 1.807) is 91.0 Å². The fourth-order valence-electron chi connectivity index (χ4n) is 9.17. The van der Waals surface area contributed by atoms with E-state index in [4.69, 9.17) is 52.1 Å². The maximum absolute atomic E-state index is 13.2. The van der Waals surface area contributed by atoms with E-state index in [1.165, 1.54) is 42.5 Å². The Morgan fingerprint density at radius 1 is 0.296 bits per heavy atom. The molecule has 8 aromatic rings. The second-order valence-electron chi connectivity index (χ2n) is 21.3. The lowest BCUT2D eigenvalue weighted by molar-refractivity contribution is -0.138. The second kappa shape index (κ2) is 38.2. The van der Waals surface area contributed by atoms with Gasteiger partial charge in [-0.3, -0.25) is 0 Å². The molecule has 0 N–H and O–H groups in total. The third-order valence-electron chi connectivity index (χ3n) is 14.1. The van der Waals surface area contributed by atoms with Crippen molar-refractivity contribution in [3.8, 4) is 51.7 Å². The number of carbonyl (C=O) groups excluding carboxylic acids is 9. The number of aryl methyl sites for hydroxylation is 1. The zero-order valence-corrected chi connectivity index (χ0v) is 54.0. The molecule has 0 aromatic heterocycles. The summed E-state index contributed by atoms with van der Waals surface area (Å²) in [7, 11) is 0. The molecule has 0 saturated heterocycles. The lowest BCUT2D eigenvalue weighted by Gasteiger charge is -2.13. The monoisotopic (exact) mass is 1330 g/mol. The van der Waals surface area contributed by atoms with Crippen LogP contribution in [0.2, 0.25) is 0 Å². The van der Waals surface area contributed by atoms with Gasteiger partial charge in [0.25, 0.3) is 0 Å².